The number of para-hydroxylation sites is 1. The van der Waals surface area contributed by atoms with Gasteiger partial charge in [-0.3, -0.25) is 4.79 Å². The lowest BCUT2D eigenvalue weighted by Crippen LogP contribution is -2.41. The fourth-order valence-electron chi connectivity index (χ4n) is 4.53. The Hall–Kier alpha value is -1.26. The Morgan fingerprint density at radius 1 is 1.16 bits per heavy atom. The SMILES string of the molecule is COc1ccccc1CN(C(=O)CC1CC2CCC(C1)N2)C1CC1.Cl. The average Bonchev–Trinajstić information content (AvgIpc) is 3.37. The van der Waals surface area contributed by atoms with E-state index in [0.717, 1.165) is 30.6 Å². The predicted molar refractivity (Wildman–Crippen MR) is 101 cm³/mol. The van der Waals surface area contributed by atoms with Crippen LogP contribution in [0, 0.1) is 5.92 Å². The number of nitrogens with one attached hydrogen (secondary N) is 1. The zero-order valence-corrected chi connectivity index (χ0v) is 15.8. The zero-order chi connectivity index (χ0) is 16.5. The van der Waals surface area contributed by atoms with E-state index in [1.54, 1.807) is 7.11 Å². The Labute approximate surface area is 156 Å². The van der Waals surface area contributed by atoms with Gasteiger partial charge in [0.15, 0.2) is 0 Å². The third-order valence-electron chi connectivity index (χ3n) is 5.88. The number of ether oxygens (including phenoxy) is 1. The van der Waals surface area contributed by atoms with Gasteiger partial charge in [0, 0.05) is 36.7 Å². The molecular formula is C20H29ClN2O2. The van der Waals surface area contributed by atoms with Crippen LogP contribution in [-0.4, -0.2) is 36.0 Å². The molecule has 4 nitrogen and oxygen atoms in total. The Balaban J connectivity index is 0.00000182. The van der Waals surface area contributed by atoms with Gasteiger partial charge >= 0.3 is 0 Å². The summed E-state index contributed by atoms with van der Waals surface area (Å²) in [6.07, 6.45) is 7.97. The Kier molecular flexibility index (Phi) is 5.90. The van der Waals surface area contributed by atoms with Crippen LogP contribution >= 0.6 is 12.4 Å². The molecule has 138 valence electrons. The summed E-state index contributed by atoms with van der Waals surface area (Å²) < 4.78 is 5.47. The van der Waals surface area contributed by atoms with E-state index in [1.807, 2.05) is 18.2 Å². The molecule has 3 aliphatic rings. The van der Waals surface area contributed by atoms with Crippen molar-refractivity contribution in [2.24, 2.45) is 5.92 Å². The molecule has 25 heavy (non-hydrogen) atoms. The maximum atomic E-state index is 13.0. The molecule has 2 bridgehead atoms. The van der Waals surface area contributed by atoms with E-state index in [2.05, 4.69) is 16.3 Å². The maximum absolute atomic E-state index is 13.0. The summed E-state index contributed by atoms with van der Waals surface area (Å²) in [5, 5.41) is 3.67. The molecule has 1 aliphatic carbocycles. The third kappa shape index (κ3) is 4.29. The van der Waals surface area contributed by atoms with Gasteiger partial charge in [-0.25, -0.2) is 0 Å². The molecule has 1 aromatic carbocycles. The lowest BCUT2D eigenvalue weighted by atomic mass is 9.89. The second-order valence-electron chi connectivity index (χ2n) is 7.74. The summed E-state index contributed by atoms with van der Waals surface area (Å²) in [5.74, 6) is 1.79. The van der Waals surface area contributed by atoms with E-state index in [9.17, 15) is 4.79 Å². The quantitative estimate of drug-likeness (QED) is 0.839. The van der Waals surface area contributed by atoms with Crippen LogP contribution in [0.25, 0.3) is 0 Å². The monoisotopic (exact) mass is 364 g/mol. The number of nitrogens with zero attached hydrogens (tertiary/aromatic N) is 1. The van der Waals surface area contributed by atoms with E-state index >= 15 is 0 Å². The molecule has 2 atom stereocenters. The van der Waals surface area contributed by atoms with Crippen molar-refractivity contribution in [3.05, 3.63) is 29.8 Å². The van der Waals surface area contributed by atoms with Gasteiger partial charge in [0.25, 0.3) is 0 Å². The normalized spacial score (nSPS) is 27.5. The molecule has 0 spiro atoms. The van der Waals surface area contributed by atoms with Crippen molar-refractivity contribution in [1.29, 1.82) is 0 Å². The van der Waals surface area contributed by atoms with Crippen LogP contribution in [0.1, 0.15) is 50.5 Å². The van der Waals surface area contributed by atoms with E-state index in [-0.39, 0.29) is 12.4 Å². The van der Waals surface area contributed by atoms with E-state index in [0.29, 0.717) is 36.5 Å². The second kappa shape index (κ2) is 7.96. The predicted octanol–water partition coefficient (Wildman–Crippen LogP) is 3.53. The number of halogens is 1. The largest absolute Gasteiger partial charge is 0.496 e. The van der Waals surface area contributed by atoms with Crippen molar-refractivity contribution in [2.45, 2.75) is 69.6 Å². The maximum Gasteiger partial charge on any atom is 0.223 e. The molecule has 3 fully saturated rings. The highest BCUT2D eigenvalue weighted by molar-refractivity contribution is 5.85. The topological polar surface area (TPSA) is 41.6 Å². The number of hydrogen-bond donors (Lipinski definition) is 1. The molecule has 1 N–H and O–H groups in total. The van der Waals surface area contributed by atoms with Crippen LogP contribution in [0.2, 0.25) is 0 Å². The van der Waals surface area contributed by atoms with Gasteiger partial charge < -0.3 is 15.0 Å². The van der Waals surface area contributed by atoms with Crippen molar-refractivity contribution < 1.29 is 9.53 Å². The summed E-state index contributed by atoms with van der Waals surface area (Å²) in [4.78, 5) is 15.1. The standard InChI is InChI=1S/C20H28N2O2.ClH/c1-24-19-5-3-2-4-15(19)13-22(18-8-9-18)20(23)12-14-10-16-6-7-17(11-14)21-16;/h2-5,14,16-18,21H,6-13H2,1H3;1H. The van der Waals surface area contributed by atoms with Crippen LogP contribution in [0.4, 0.5) is 0 Å². The Morgan fingerprint density at radius 2 is 1.84 bits per heavy atom. The number of methoxy groups -OCH3 is 1. The first-order valence-corrected chi connectivity index (χ1v) is 9.40. The van der Waals surface area contributed by atoms with Gasteiger partial charge in [0.05, 0.1) is 7.11 Å². The first kappa shape index (κ1) is 18.5. The number of piperidine rings is 1. The lowest BCUT2D eigenvalue weighted by molar-refractivity contribution is -0.133. The lowest BCUT2D eigenvalue weighted by Gasteiger charge is -2.31. The van der Waals surface area contributed by atoms with Crippen LogP contribution in [-0.2, 0) is 11.3 Å². The molecule has 5 heteroatoms. The molecule has 1 saturated carbocycles. The summed E-state index contributed by atoms with van der Waals surface area (Å²) in [5.41, 5.74) is 1.12. The van der Waals surface area contributed by atoms with Crippen LogP contribution in [0.3, 0.4) is 0 Å². The summed E-state index contributed by atoms with van der Waals surface area (Å²) in [6, 6.07) is 9.83. The average molecular weight is 365 g/mol. The third-order valence-corrected chi connectivity index (χ3v) is 5.88. The van der Waals surface area contributed by atoms with Crippen molar-refractivity contribution in [3.63, 3.8) is 0 Å². The minimum atomic E-state index is 0. The van der Waals surface area contributed by atoms with E-state index in [4.69, 9.17) is 4.74 Å². The molecule has 2 aliphatic heterocycles. The fraction of sp³-hybridized carbons (Fsp3) is 0.650. The van der Waals surface area contributed by atoms with E-state index < -0.39 is 0 Å². The molecule has 2 unspecified atom stereocenters. The zero-order valence-electron chi connectivity index (χ0n) is 14.9. The Bertz CT molecular complexity index is 593. The van der Waals surface area contributed by atoms with Gasteiger partial charge in [0.1, 0.15) is 5.75 Å². The highest BCUT2D eigenvalue weighted by atomic mass is 35.5. The summed E-state index contributed by atoms with van der Waals surface area (Å²) in [7, 11) is 1.70. The molecule has 4 rings (SSSR count). The molecule has 2 heterocycles. The number of carbonyl (C=O) groups excluding carboxylic acids is 1. The van der Waals surface area contributed by atoms with Crippen LogP contribution in [0.5, 0.6) is 5.75 Å². The van der Waals surface area contributed by atoms with Gasteiger partial charge in [-0.2, -0.15) is 0 Å². The minimum Gasteiger partial charge on any atom is -0.496 e. The molecule has 0 aromatic heterocycles. The summed E-state index contributed by atoms with van der Waals surface area (Å²) in [6.45, 7) is 0.686. The number of amides is 1. The highest BCUT2D eigenvalue weighted by Gasteiger charge is 2.37. The van der Waals surface area contributed by atoms with Crippen LogP contribution < -0.4 is 10.1 Å². The van der Waals surface area contributed by atoms with Gasteiger partial charge in [-0.15, -0.1) is 12.4 Å². The molecule has 2 saturated heterocycles. The molecule has 1 amide bonds. The van der Waals surface area contributed by atoms with Crippen molar-refractivity contribution >= 4 is 18.3 Å². The smallest absolute Gasteiger partial charge is 0.223 e. The number of rotatable bonds is 6. The summed E-state index contributed by atoms with van der Waals surface area (Å²) >= 11 is 0. The number of hydrogen-bond acceptors (Lipinski definition) is 3. The van der Waals surface area contributed by atoms with E-state index in [1.165, 1.54) is 25.7 Å². The number of carbonyl (C=O) groups is 1. The first-order chi connectivity index (χ1) is 11.7. The van der Waals surface area contributed by atoms with Crippen molar-refractivity contribution in [1.82, 2.24) is 10.2 Å². The highest BCUT2D eigenvalue weighted by Crippen LogP contribution is 2.35. The second-order valence-corrected chi connectivity index (χ2v) is 7.74. The number of benzene rings is 1. The van der Waals surface area contributed by atoms with Gasteiger partial charge in [-0.1, -0.05) is 18.2 Å². The first-order valence-electron chi connectivity index (χ1n) is 9.40. The Morgan fingerprint density at radius 3 is 2.48 bits per heavy atom. The minimum absolute atomic E-state index is 0. The molecule has 1 aromatic rings. The molecule has 0 radical (unpaired) electrons. The van der Waals surface area contributed by atoms with Gasteiger partial charge in [-0.05, 0) is 50.5 Å². The van der Waals surface area contributed by atoms with Crippen LogP contribution in [0.15, 0.2) is 24.3 Å². The van der Waals surface area contributed by atoms with Gasteiger partial charge in [0.2, 0.25) is 5.91 Å². The van der Waals surface area contributed by atoms with Crippen molar-refractivity contribution in [2.75, 3.05) is 7.11 Å². The molecular weight excluding hydrogens is 336 g/mol. The fourth-order valence-corrected chi connectivity index (χ4v) is 4.53. The number of fused-ring (bicyclic) bond motifs is 2. The van der Waals surface area contributed by atoms with Crippen molar-refractivity contribution in [3.8, 4) is 5.75 Å².